The summed E-state index contributed by atoms with van der Waals surface area (Å²) in [7, 11) is -3.31. The fourth-order valence-electron chi connectivity index (χ4n) is 1.44. The highest BCUT2D eigenvalue weighted by atomic mass is 32.2. The monoisotopic (exact) mass is 264 g/mol. The van der Waals surface area contributed by atoms with Crippen LogP contribution in [0.4, 0.5) is 0 Å². The van der Waals surface area contributed by atoms with Crippen molar-refractivity contribution >= 4 is 10.1 Å². The van der Waals surface area contributed by atoms with Gasteiger partial charge in [0.15, 0.2) is 6.29 Å². The first-order valence-electron chi connectivity index (χ1n) is 5.84. The van der Waals surface area contributed by atoms with E-state index in [1.807, 2.05) is 6.08 Å². The SMILES string of the molecule is CS(=O)(=O)OCCCC=COC1CCCCO1. The van der Waals surface area contributed by atoms with Crippen molar-refractivity contribution in [2.45, 2.75) is 38.4 Å². The fourth-order valence-corrected chi connectivity index (χ4v) is 1.86. The molecule has 1 rings (SSSR count). The summed E-state index contributed by atoms with van der Waals surface area (Å²) < 4.78 is 36.6. The Labute approximate surface area is 103 Å². The number of ether oxygens (including phenoxy) is 2. The molecule has 0 aromatic rings. The normalized spacial score (nSPS) is 21.8. The molecule has 6 heteroatoms. The van der Waals surface area contributed by atoms with Crippen LogP contribution in [0.3, 0.4) is 0 Å². The molecular formula is C11H20O5S. The second-order valence-corrected chi connectivity index (χ2v) is 5.62. The minimum Gasteiger partial charge on any atom is -0.473 e. The third-order valence-electron chi connectivity index (χ3n) is 2.28. The van der Waals surface area contributed by atoms with Crippen LogP contribution < -0.4 is 0 Å². The molecule has 1 atom stereocenters. The predicted molar refractivity (Wildman–Crippen MR) is 63.8 cm³/mol. The topological polar surface area (TPSA) is 61.8 Å². The summed E-state index contributed by atoms with van der Waals surface area (Å²) in [5.41, 5.74) is 0. The molecule has 5 nitrogen and oxygen atoms in total. The molecule has 0 amide bonds. The van der Waals surface area contributed by atoms with Gasteiger partial charge in [-0.05, 0) is 31.8 Å². The first-order chi connectivity index (χ1) is 8.08. The standard InChI is InChI=1S/C11H20O5S/c1-17(12,13)16-10-5-2-4-8-14-11-7-3-6-9-15-11/h4,8,11H,2-3,5-7,9-10H2,1H3. The minimum atomic E-state index is -3.31. The summed E-state index contributed by atoms with van der Waals surface area (Å²) in [5.74, 6) is 0. The van der Waals surface area contributed by atoms with Gasteiger partial charge in [-0.1, -0.05) is 0 Å². The lowest BCUT2D eigenvalue weighted by atomic mass is 10.2. The summed E-state index contributed by atoms with van der Waals surface area (Å²) in [4.78, 5) is 0. The molecular weight excluding hydrogens is 244 g/mol. The van der Waals surface area contributed by atoms with Crippen LogP contribution in [0, 0.1) is 0 Å². The lowest BCUT2D eigenvalue weighted by Crippen LogP contribution is -2.19. The van der Waals surface area contributed by atoms with Crippen molar-refractivity contribution in [3.05, 3.63) is 12.3 Å². The van der Waals surface area contributed by atoms with E-state index in [0.717, 1.165) is 38.5 Å². The van der Waals surface area contributed by atoms with E-state index in [-0.39, 0.29) is 12.9 Å². The van der Waals surface area contributed by atoms with Crippen LogP contribution >= 0.6 is 0 Å². The van der Waals surface area contributed by atoms with E-state index < -0.39 is 10.1 Å². The molecule has 1 unspecified atom stereocenters. The van der Waals surface area contributed by atoms with E-state index in [4.69, 9.17) is 9.47 Å². The maximum Gasteiger partial charge on any atom is 0.264 e. The summed E-state index contributed by atoms with van der Waals surface area (Å²) in [6.07, 6.45) is 8.95. The van der Waals surface area contributed by atoms with Gasteiger partial charge in [-0.2, -0.15) is 8.42 Å². The third kappa shape index (κ3) is 8.18. The van der Waals surface area contributed by atoms with Gasteiger partial charge >= 0.3 is 0 Å². The van der Waals surface area contributed by atoms with Gasteiger partial charge in [-0.15, -0.1) is 0 Å². The van der Waals surface area contributed by atoms with Crippen LogP contribution in [0.15, 0.2) is 12.3 Å². The average Bonchev–Trinajstić information content (AvgIpc) is 2.28. The van der Waals surface area contributed by atoms with Gasteiger partial charge in [0.25, 0.3) is 10.1 Å². The van der Waals surface area contributed by atoms with E-state index in [0.29, 0.717) is 6.42 Å². The molecule has 100 valence electrons. The van der Waals surface area contributed by atoms with Crippen LogP contribution in [-0.2, 0) is 23.8 Å². The van der Waals surface area contributed by atoms with E-state index in [9.17, 15) is 8.42 Å². The van der Waals surface area contributed by atoms with Gasteiger partial charge in [-0.25, -0.2) is 0 Å². The summed E-state index contributed by atoms with van der Waals surface area (Å²) in [6.45, 7) is 0.976. The van der Waals surface area contributed by atoms with Crippen molar-refractivity contribution in [2.24, 2.45) is 0 Å². The molecule has 0 radical (unpaired) electrons. The van der Waals surface area contributed by atoms with Crippen molar-refractivity contribution in [3.8, 4) is 0 Å². The first kappa shape index (κ1) is 14.5. The molecule has 17 heavy (non-hydrogen) atoms. The number of hydrogen-bond donors (Lipinski definition) is 0. The van der Waals surface area contributed by atoms with Crippen LogP contribution in [-0.4, -0.2) is 34.2 Å². The third-order valence-corrected chi connectivity index (χ3v) is 2.87. The summed E-state index contributed by atoms with van der Waals surface area (Å²) in [5, 5.41) is 0. The highest BCUT2D eigenvalue weighted by Gasteiger charge is 2.12. The molecule has 1 heterocycles. The lowest BCUT2D eigenvalue weighted by molar-refractivity contribution is -0.129. The number of unbranched alkanes of at least 4 members (excludes halogenated alkanes) is 1. The molecule has 0 N–H and O–H groups in total. The van der Waals surface area contributed by atoms with Gasteiger partial charge < -0.3 is 9.47 Å². The largest absolute Gasteiger partial charge is 0.473 e. The molecule has 1 aliphatic rings. The molecule has 0 aromatic heterocycles. The zero-order valence-electron chi connectivity index (χ0n) is 10.1. The smallest absolute Gasteiger partial charge is 0.264 e. The maximum absolute atomic E-state index is 10.6. The Morgan fingerprint density at radius 1 is 1.41 bits per heavy atom. The molecule has 1 saturated heterocycles. The predicted octanol–water partition coefficient (Wildman–Crippen LogP) is 1.80. The fraction of sp³-hybridized carbons (Fsp3) is 0.818. The number of hydrogen-bond acceptors (Lipinski definition) is 5. The molecule has 1 fully saturated rings. The Balaban J connectivity index is 1.98. The van der Waals surface area contributed by atoms with Gasteiger partial charge in [0, 0.05) is 6.42 Å². The zero-order chi connectivity index (χ0) is 12.6. The van der Waals surface area contributed by atoms with E-state index in [2.05, 4.69) is 4.18 Å². The highest BCUT2D eigenvalue weighted by molar-refractivity contribution is 7.85. The summed E-state index contributed by atoms with van der Waals surface area (Å²) in [6, 6.07) is 0. The van der Waals surface area contributed by atoms with E-state index in [1.54, 1.807) is 6.26 Å². The zero-order valence-corrected chi connectivity index (χ0v) is 10.9. The Morgan fingerprint density at radius 2 is 2.24 bits per heavy atom. The first-order valence-corrected chi connectivity index (χ1v) is 7.66. The summed E-state index contributed by atoms with van der Waals surface area (Å²) >= 11 is 0. The molecule has 0 spiro atoms. The lowest BCUT2D eigenvalue weighted by Gasteiger charge is -2.21. The molecule has 1 aliphatic heterocycles. The second kappa shape index (κ2) is 7.68. The second-order valence-electron chi connectivity index (χ2n) is 3.97. The Bertz CT molecular complexity index is 317. The van der Waals surface area contributed by atoms with E-state index in [1.165, 1.54) is 0 Å². The molecule has 0 saturated carbocycles. The quantitative estimate of drug-likeness (QED) is 0.398. The molecule has 0 aliphatic carbocycles. The van der Waals surface area contributed by atoms with Crippen LogP contribution in [0.2, 0.25) is 0 Å². The average molecular weight is 264 g/mol. The van der Waals surface area contributed by atoms with E-state index >= 15 is 0 Å². The van der Waals surface area contributed by atoms with Crippen molar-refractivity contribution in [2.75, 3.05) is 19.5 Å². The molecule has 0 bridgehead atoms. The van der Waals surface area contributed by atoms with Crippen molar-refractivity contribution in [1.29, 1.82) is 0 Å². The molecule has 0 aromatic carbocycles. The maximum atomic E-state index is 10.6. The Hall–Kier alpha value is -0.590. The van der Waals surface area contributed by atoms with Crippen LogP contribution in [0.25, 0.3) is 0 Å². The Morgan fingerprint density at radius 3 is 2.88 bits per heavy atom. The van der Waals surface area contributed by atoms with Crippen LogP contribution in [0.5, 0.6) is 0 Å². The van der Waals surface area contributed by atoms with Gasteiger partial charge in [0.1, 0.15) is 0 Å². The van der Waals surface area contributed by atoms with Gasteiger partial charge in [0.2, 0.25) is 0 Å². The van der Waals surface area contributed by atoms with Crippen molar-refractivity contribution in [1.82, 2.24) is 0 Å². The number of rotatable bonds is 7. The van der Waals surface area contributed by atoms with Gasteiger partial charge in [-0.3, -0.25) is 4.18 Å². The highest BCUT2D eigenvalue weighted by Crippen LogP contribution is 2.13. The van der Waals surface area contributed by atoms with Crippen molar-refractivity contribution < 1.29 is 22.1 Å². The Kier molecular flexibility index (Phi) is 6.54. The number of allylic oxidation sites excluding steroid dienone is 1. The van der Waals surface area contributed by atoms with Gasteiger partial charge in [0.05, 0.1) is 25.7 Å². The van der Waals surface area contributed by atoms with Crippen LogP contribution in [0.1, 0.15) is 32.1 Å². The van der Waals surface area contributed by atoms with Crippen molar-refractivity contribution in [3.63, 3.8) is 0 Å². The minimum absolute atomic E-state index is 0.118.